The number of para-hydroxylation sites is 2. The fourth-order valence-corrected chi connectivity index (χ4v) is 5.13. The van der Waals surface area contributed by atoms with E-state index in [1.54, 1.807) is 55.8 Å². The van der Waals surface area contributed by atoms with Crippen molar-refractivity contribution in [2.75, 3.05) is 20.8 Å². The molecule has 0 aliphatic rings. The lowest BCUT2D eigenvalue weighted by Crippen LogP contribution is -2.47. The summed E-state index contributed by atoms with van der Waals surface area (Å²) >= 11 is 0. The van der Waals surface area contributed by atoms with E-state index in [9.17, 15) is 9.59 Å². The van der Waals surface area contributed by atoms with Crippen molar-refractivity contribution in [3.63, 3.8) is 0 Å². The minimum atomic E-state index is -0.965. The van der Waals surface area contributed by atoms with Gasteiger partial charge >= 0.3 is 12.1 Å². The van der Waals surface area contributed by atoms with Gasteiger partial charge in [0, 0.05) is 42.9 Å². The number of alkyl carbamates (subject to hydrolysis) is 1. The number of methoxy groups -OCH3 is 2. The number of carbonyl (C=O) groups is 2. The maximum Gasteiger partial charge on any atom is 0.408 e. The molecule has 0 bridgehead atoms. The SMILES string of the molecule is COc1cccc(Oc2ccccc2CN(CCC(NC(=O)OC(C)(C)C)C(=O)OC(C)(C)C)Cc2ccccc2Oc2cccc(OC)c2)c1. The van der Waals surface area contributed by atoms with Crippen LogP contribution in [0.1, 0.15) is 59.1 Å². The van der Waals surface area contributed by atoms with Gasteiger partial charge < -0.3 is 33.7 Å². The molecule has 0 aliphatic carbocycles. The summed E-state index contributed by atoms with van der Waals surface area (Å²) in [6, 6.07) is 29.5. The van der Waals surface area contributed by atoms with Crippen LogP contribution in [-0.4, -0.2) is 55.0 Å². The molecule has 0 saturated heterocycles. The summed E-state index contributed by atoms with van der Waals surface area (Å²) in [6.45, 7) is 12.0. The van der Waals surface area contributed by atoms with Crippen molar-refractivity contribution >= 4 is 12.1 Å². The Hall–Kier alpha value is -5.22. The fraction of sp³-hybridized carbons (Fsp3) is 0.366. The molecule has 0 spiro atoms. The number of esters is 1. The first kappa shape index (κ1) is 38.6. The molecule has 1 unspecified atom stereocenters. The van der Waals surface area contributed by atoms with E-state index in [0.717, 1.165) is 11.1 Å². The molecule has 0 saturated carbocycles. The van der Waals surface area contributed by atoms with Gasteiger partial charge in [-0.05, 0) is 84.4 Å². The topological polar surface area (TPSA) is 105 Å². The third-order valence-electron chi connectivity index (χ3n) is 7.39. The molecule has 0 aliphatic heterocycles. The Kier molecular flexibility index (Phi) is 13.3. The van der Waals surface area contributed by atoms with Crippen LogP contribution in [-0.2, 0) is 27.4 Å². The lowest BCUT2D eigenvalue weighted by molar-refractivity contribution is -0.157. The molecule has 4 aromatic carbocycles. The summed E-state index contributed by atoms with van der Waals surface area (Å²) in [5.41, 5.74) is 0.339. The molecule has 1 amide bonds. The molecule has 4 rings (SSSR count). The van der Waals surface area contributed by atoms with Crippen LogP contribution in [0.25, 0.3) is 0 Å². The van der Waals surface area contributed by atoms with E-state index in [1.807, 2.05) is 97.1 Å². The highest BCUT2D eigenvalue weighted by molar-refractivity contribution is 5.81. The van der Waals surface area contributed by atoms with Gasteiger partial charge in [0.2, 0.25) is 0 Å². The summed E-state index contributed by atoms with van der Waals surface area (Å²) in [6.07, 6.45) is -0.453. The lowest BCUT2D eigenvalue weighted by atomic mass is 10.1. The van der Waals surface area contributed by atoms with Crippen LogP contribution in [0, 0.1) is 0 Å². The second kappa shape index (κ2) is 17.6. The van der Waals surface area contributed by atoms with Crippen LogP contribution in [0.5, 0.6) is 34.5 Å². The lowest BCUT2D eigenvalue weighted by Gasteiger charge is -2.29. The Balaban J connectivity index is 1.65. The zero-order chi connectivity index (χ0) is 37.0. The molecule has 1 atom stereocenters. The Bertz CT molecular complexity index is 1650. The maximum atomic E-state index is 13.4. The summed E-state index contributed by atoms with van der Waals surface area (Å²) in [5, 5.41) is 2.75. The summed E-state index contributed by atoms with van der Waals surface area (Å²) in [7, 11) is 3.23. The van der Waals surface area contributed by atoms with E-state index < -0.39 is 29.3 Å². The van der Waals surface area contributed by atoms with Crippen LogP contribution in [0.2, 0.25) is 0 Å². The molecule has 1 N–H and O–H groups in total. The maximum absolute atomic E-state index is 13.4. The highest BCUT2D eigenvalue weighted by Crippen LogP contribution is 2.32. The highest BCUT2D eigenvalue weighted by Gasteiger charge is 2.29. The van der Waals surface area contributed by atoms with Crippen molar-refractivity contribution in [1.29, 1.82) is 0 Å². The van der Waals surface area contributed by atoms with Crippen LogP contribution in [0.3, 0.4) is 0 Å². The van der Waals surface area contributed by atoms with Gasteiger partial charge in [0.1, 0.15) is 51.7 Å². The van der Waals surface area contributed by atoms with Crippen molar-refractivity contribution in [2.24, 2.45) is 0 Å². The third-order valence-corrected chi connectivity index (χ3v) is 7.39. The molecule has 4 aromatic rings. The fourth-order valence-electron chi connectivity index (χ4n) is 5.13. The minimum absolute atomic E-state index is 0.242. The Morgan fingerprint density at radius 1 is 0.627 bits per heavy atom. The largest absolute Gasteiger partial charge is 0.497 e. The number of ether oxygens (including phenoxy) is 6. The Morgan fingerprint density at radius 2 is 1.08 bits per heavy atom. The van der Waals surface area contributed by atoms with Gasteiger partial charge in [-0.3, -0.25) is 4.90 Å². The Labute approximate surface area is 301 Å². The van der Waals surface area contributed by atoms with Crippen molar-refractivity contribution in [3.8, 4) is 34.5 Å². The van der Waals surface area contributed by atoms with Gasteiger partial charge in [0.05, 0.1) is 14.2 Å². The third kappa shape index (κ3) is 12.9. The normalized spacial score (nSPS) is 12.1. The van der Waals surface area contributed by atoms with Crippen molar-refractivity contribution < 1.29 is 38.0 Å². The predicted molar refractivity (Wildman–Crippen MR) is 197 cm³/mol. The molecular weight excluding hydrogens is 648 g/mol. The number of benzene rings is 4. The molecule has 10 heteroatoms. The van der Waals surface area contributed by atoms with Gasteiger partial charge in [-0.1, -0.05) is 48.5 Å². The first-order valence-electron chi connectivity index (χ1n) is 17.0. The van der Waals surface area contributed by atoms with Crippen LogP contribution < -0.4 is 24.3 Å². The van der Waals surface area contributed by atoms with E-state index >= 15 is 0 Å². The smallest absolute Gasteiger partial charge is 0.408 e. The zero-order valence-electron chi connectivity index (χ0n) is 30.9. The van der Waals surface area contributed by atoms with Crippen LogP contribution >= 0.6 is 0 Å². The van der Waals surface area contributed by atoms with Gasteiger partial charge in [0.15, 0.2) is 0 Å². The van der Waals surface area contributed by atoms with Crippen molar-refractivity contribution in [3.05, 3.63) is 108 Å². The van der Waals surface area contributed by atoms with E-state index in [0.29, 0.717) is 54.1 Å². The number of amides is 1. The second-order valence-corrected chi connectivity index (χ2v) is 14.0. The molecule has 272 valence electrons. The van der Waals surface area contributed by atoms with Crippen LogP contribution in [0.4, 0.5) is 4.79 Å². The predicted octanol–water partition coefficient (Wildman–Crippen LogP) is 8.92. The first-order chi connectivity index (χ1) is 24.2. The first-order valence-corrected chi connectivity index (χ1v) is 17.0. The molecule has 10 nitrogen and oxygen atoms in total. The van der Waals surface area contributed by atoms with Gasteiger partial charge in [-0.25, -0.2) is 9.59 Å². The zero-order valence-corrected chi connectivity index (χ0v) is 30.9. The summed E-state index contributed by atoms with van der Waals surface area (Å²) in [5.74, 6) is 3.44. The molecule has 0 fully saturated rings. The number of nitrogens with one attached hydrogen (secondary N) is 1. The Morgan fingerprint density at radius 3 is 1.53 bits per heavy atom. The van der Waals surface area contributed by atoms with E-state index in [2.05, 4.69) is 10.2 Å². The molecule has 51 heavy (non-hydrogen) atoms. The van der Waals surface area contributed by atoms with Crippen LogP contribution in [0.15, 0.2) is 97.1 Å². The van der Waals surface area contributed by atoms with E-state index in [1.165, 1.54) is 0 Å². The number of hydrogen-bond donors (Lipinski definition) is 1. The van der Waals surface area contributed by atoms with Gasteiger partial charge in [-0.15, -0.1) is 0 Å². The quantitative estimate of drug-likeness (QED) is 0.122. The monoisotopic (exact) mass is 698 g/mol. The van der Waals surface area contributed by atoms with Crippen molar-refractivity contribution in [1.82, 2.24) is 10.2 Å². The number of hydrogen-bond acceptors (Lipinski definition) is 9. The molecule has 0 aromatic heterocycles. The summed E-state index contributed by atoms with van der Waals surface area (Å²) < 4.78 is 34.7. The summed E-state index contributed by atoms with van der Waals surface area (Å²) in [4.78, 5) is 28.5. The molecule has 0 heterocycles. The van der Waals surface area contributed by atoms with E-state index in [-0.39, 0.29) is 6.42 Å². The second-order valence-electron chi connectivity index (χ2n) is 14.0. The standard InChI is InChI=1S/C41H50N2O8/c1-40(2,3)50-38(44)35(42-39(45)51-41(4,5)6)23-24-43(27-29-15-9-11-21-36(29)48-33-19-13-17-31(25-33)46-7)28-30-16-10-12-22-37(30)49-34-20-14-18-32(26-34)47-8/h9-22,25-26,35H,23-24,27-28H2,1-8H3,(H,42,45). The molecule has 0 radical (unpaired) electrons. The van der Waals surface area contributed by atoms with Crippen molar-refractivity contribution in [2.45, 2.75) is 78.3 Å². The molecular formula is C41H50N2O8. The number of rotatable bonds is 15. The van der Waals surface area contributed by atoms with Gasteiger partial charge in [-0.2, -0.15) is 0 Å². The highest BCUT2D eigenvalue weighted by atomic mass is 16.6. The number of carbonyl (C=O) groups excluding carboxylic acids is 2. The van der Waals surface area contributed by atoms with E-state index in [4.69, 9.17) is 28.4 Å². The van der Waals surface area contributed by atoms with Gasteiger partial charge in [0.25, 0.3) is 0 Å². The average molecular weight is 699 g/mol. The average Bonchev–Trinajstić information content (AvgIpc) is 3.06. The number of nitrogens with zero attached hydrogens (tertiary/aromatic N) is 1. The minimum Gasteiger partial charge on any atom is -0.497 e.